The minimum atomic E-state index is -2.63. The first-order valence-electron chi connectivity index (χ1n) is 8.24. The summed E-state index contributed by atoms with van der Waals surface area (Å²) in [6.45, 7) is 0. The highest BCUT2D eigenvalue weighted by atomic mass is 32.4. The molecule has 0 heterocycles. The Hall–Kier alpha value is -2.66. The van der Waals surface area contributed by atoms with E-state index in [9.17, 15) is 10.4 Å². The van der Waals surface area contributed by atoms with Crippen LogP contribution in [-0.4, -0.2) is 5.11 Å². The van der Waals surface area contributed by atoms with E-state index in [1.54, 1.807) is 0 Å². The molecule has 0 radical (unpaired) electrons. The minimum Gasteiger partial charge on any atom is -0.510 e. The van der Waals surface area contributed by atoms with Crippen molar-refractivity contribution in [1.29, 1.82) is 5.26 Å². The maximum atomic E-state index is 10.8. The van der Waals surface area contributed by atoms with Crippen molar-refractivity contribution in [3.63, 3.8) is 0 Å². The van der Waals surface area contributed by atoms with E-state index >= 15 is 0 Å². The zero-order valence-corrected chi connectivity index (χ0v) is 15.8. The second-order valence-electron chi connectivity index (χ2n) is 5.85. The van der Waals surface area contributed by atoms with Gasteiger partial charge in [-0.25, -0.2) is 0 Å². The predicted octanol–water partition coefficient (Wildman–Crippen LogP) is 4.65. The predicted molar refractivity (Wildman–Crippen MR) is 112 cm³/mol. The molecule has 0 aromatic heterocycles. The van der Waals surface area contributed by atoms with E-state index < -0.39 is 6.04 Å². The first-order valence-corrected chi connectivity index (χ1v) is 11.0. The Morgan fingerprint density at radius 3 is 1.65 bits per heavy atom. The highest BCUT2D eigenvalue weighted by Crippen LogP contribution is 2.53. The summed E-state index contributed by atoms with van der Waals surface area (Å²) >= 11 is 6.12. The number of rotatable bonds is 5. The molecule has 0 fully saturated rings. The normalized spacial score (nSPS) is 12.1. The molecular formula is C22H18NOPS. The van der Waals surface area contributed by atoms with Gasteiger partial charge in [0.15, 0.2) is 0 Å². The van der Waals surface area contributed by atoms with E-state index in [0.29, 0.717) is 11.7 Å². The van der Waals surface area contributed by atoms with Crippen molar-refractivity contribution in [2.75, 3.05) is 0 Å². The van der Waals surface area contributed by atoms with Crippen molar-refractivity contribution in [3.05, 3.63) is 108 Å². The van der Waals surface area contributed by atoms with Crippen LogP contribution in [0.25, 0.3) is 0 Å². The summed E-state index contributed by atoms with van der Waals surface area (Å²) in [6.07, 6.45) is 0.293. The molecule has 2 nitrogen and oxygen atoms in total. The Bertz CT molecular complexity index is 949. The standard InChI is InChI=1S/C22H18NOPS/c23-17-22(21(24)16-18-10-4-1-5-11-18)25(26,19-12-6-2-7-13-19)20-14-8-3-9-15-20/h1-15,24H,16H2/b22-21-. The average molecular weight is 375 g/mol. The largest absolute Gasteiger partial charge is 0.510 e. The topological polar surface area (TPSA) is 44.0 Å². The molecular weight excluding hydrogens is 357 g/mol. The summed E-state index contributed by atoms with van der Waals surface area (Å²) < 4.78 is 0. The number of nitrogens with zero attached hydrogens (tertiary/aromatic N) is 1. The maximum Gasteiger partial charge on any atom is 0.116 e. The SMILES string of the molecule is N#C/C(=C(/O)Cc1ccccc1)P(=S)(c1ccccc1)c1ccccc1. The van der Waals surface area contributed by atoms with Gasteiger partial charge in [-0.05, 0) is 16.2 Å². The van der Waals surface area contributed by atoms with E-state index in [1.165, 1.54) is 0 Å². The molecule has 3 aromatic carbocycles. The zero-order valence-electron chi connectivity index (χ0n) is 14.1. The molecule has 3 rings (SSSR count). The first-order chi connectivity index (χ1) is 12.7. The Morgan fingerprint density at radius 2 is 1.23 bits per heavy atom. The first kappa shape index (κ1) is 18.1. The Balaban J connectivity index is 2.19. The molecule has 0 aliphatic carbocycles. The lowest BCUT2D eigenvalue weighted by atomic mass is 10.1. The molecule has 1 N–H and O–H groups in total. The Morgan fingerprint density at radius 1 is 0.808 bits per heavy atom. The fraction of sp³-hybridized carbons (Fsp3) is 0.0455. The summed E-state index contributed by atoms with van der Waals surface area (Å²) in [4.78, 5) is 0. The van der Waals surface area contributed by atoms with E-state index in [4.69, 9.17) is 11.8 Å². The summed E-state index contributed by atoms with van der Waals surface area (Å²) in [7, 11) is 0. The van der Waals surface area contributed by atoms with E-state index in [-0.39, 0.29) is 5.76 Å². The fourth-order valence-electron chi connectivity index (χ4n) is 2.87. The van der Waals surface area contributed by atoms with Gasteiger partial charge in [0.05, 0.1) is 6.04 Å². The minimum absolute atomic E-state index is 0.0507. The third-order valence-electron chi connectivity index (χ3n) is 4.15. The van der Waals surface area contributed by atoms with Crippen LogP contribution in [0.1, 0.15) is 5.56 Å². The number of nitriles is 1. The van der Waals surface area contributed by atoms with E-state index in [2.05, 4.69) is 6.07 Å². The van der Waals surface area contributed by atoms with Gasteiger partial charge >= 0.3 is 0 Å². The van der Waals surface area contributed by atoms with Crippen LogP contribution in [0.15, 0.2) is 102 Å². The second-order valence-corrected chi connectivity index (χ2v) is 10.2. The number of hydrogen-bond acceptors (Lipinski definition) is 3. The van der Waals surface area contributed by atoms with Crippen LogP contribution in [0.2, 0.25) is 0 Å². The molecule has 128 valence electrons. The lowest BCUT2D eigenvalue weighted by Crippen LogP contribution is -2.18. The molecule has 0 aliphatic heterocycles. The van der Waals surface area contributed by atoms with Crippen molar-refractivity contribution in [1.82, 2.24) is 0 Å². The van der Waals surface area contributed by atoms with Crippen LogP contribution in [0.3, 0.4) is 0 Å². The van der Waals surface area contributed by atoms with Gasteiger partial charge in [0, 0.05) is 6.42 Å². The Labute approximate surface area is 159 Å². The quantitative estimate of drug-likeness (QED) is 0.401. The number of aliphatic hydroxyl groups excluding tert-OH is 1. The van der Waals surface area contributed by atoms with Crippen molar-refractivity contribution >= 4 is 28.5 Å². The second kappa shape index (κ2) is 8.15. The molecule has 26 heavy (non-hydrogen) atoms. The lowest BCUT2D eigenvalue weighted by molar-refractivity contribution is 0.397. The number of allylic oxidation sites excluding steroid dienone is 2. The average Bonchev–Trinajstić information content (AvgIpc) is 2.70. The third-order valence-corrected chi connectivity index (χ3v) is 9.00. The molecule has 0 unspecified atom stereocenters. The van der Waals surface area contributed by atoms with Gasteiger partial charge in [-0.1, -0.05) is 103 Å². The summed E-state index contributed by atoms with van der Waals surface area (Å²) in [5.74, 6) is 0.0507. The summed E-state index contributed by atoms with van der Waals surface area (Å²) in [5.41, 5.74) is 0.945. The van der Waals surface area contributed by atoms with Crippen molar-refractivity contribution in [3.8, 4) is 6.07 Å². The highest BCUT2D eigenvalue weighted by Gasteiger charge is 2.30. The lowest BCUT2D eigenvalue weighted by Gasteiger charge is -2.23. The molecule has 0 amide bonds. The molecule has 0 bridgehead atoms. The van der Waals surface area contributed by atoms with Gasteiger partial charge in [0.25, 0.3) is 0 Å². The van der Waals surface area contributed by atoms with Gasteiger partial charge in [-0.2, -0.15) is 5.26 Å². The monoisotopic (exact) mass is 375 g/mol. The Kier molecular flexibility index (Phi) is 5.68. The van der Waals surface area contributed by atoms with Gasteiger partial charge in [-0.3, -0.25) is 0 Å². The molecule has 0 spiro atoms. The molecule has 0 atom stereocenters. The van der Waals surface area contributed by atoms with E-state index in [0.717, 1.165) is 16.2 Å². The molecule has 3 aromatic rings. The zero-order chi connectivity index (χ0) is 18.4. The van der Waals surface area contributed by atoms with Crippen LogP contribution >= 0.6 is 6.04 Å². The summed E-state index contributed by atoms with van der Waals surface area (Å²) in [5, 5.41) is 22.9. The number of hydrogen-bond donors (Lipinski definition) is 1. The smallest absolute Gasteiger partial charge is 0.116 e. The summed E-state index contributed by atoms with van der Waals surface area (Å²) in [6, 6.07) is 28.5. The van der Waals surface area contributed by atoms with Crippen LogP contribution in [0.5, 0.6) is 0 Å². The number of benzene rings is 3. The molecule has 4 heteroatoms. The molecule has 0 saturated heterocycles. The molecule has 0 aliphatic rings. The maximum absolute atomic E-state index is 10.8. The highest BCUT2D eigenvalue weighted by molar-refractivity contribution is 8.24. The van der Waals surface area contributed by atoms with Crippen molar-refractivity contribution in [2.24, 2.45) is 0 Å². The van der Waals surface area contributed by atoms with Gasteiger partial charge in [-0.15, -0.1) is 0 Å². The third kappa shape index (κ3) is 3.63. The van der Waals surface area contributed by atoms with Crippen LogP contribution in [-0.2, 0) is 18.2 Å². The number of aliphatic hydroxyl groups is 1. The van der Waals surface area contributed by atoms with Crippen LogP contribution < -0.4 is 10.6 Å². The van der Waals surface area contributed by atoms with Gasteiger partial charge in [0.1, 0.15) is 17.1 Å². The van der Waals surface area contributed by atoms with Gasteiger partial charge in [0.2, 0.25) is 0 Å². The van der Waals surface area contributed by atoms with Crippen molar-refractivity contribution in [2.45, 2.75) is 6.42 Å². The van der Waals surface area contributed by atoms with Crippen LogP contribution in [0, 0.1) is 11.3 Å². The van der Waals surface area contributed by atoms with E-state index in [1.807, 2.05) is 91.0 Å². The van der Waals surface area contributed by atoms with Crippen molar-refractivity contribution < 1.29 is 5.11 Å². The van der Waals surface area contributed by atoms with Gasteiger partial charge < -0.3 is 5.11 Å². The molecule has 0 saturated carbocycles. The van der Waals surface area contributed by atoms with Crippen LogP contribution in [0.4, 0.5) is 0 Å². The fourth-order valence-corrected chi connectivity index (χ4v) is 6.62.